The van der Waals surface area contributed by atoms with Gasteiger partial charge in [-0.25, -0.2) is 4.68 Å². The molecule has 0 amide bonds. The highest BCUT2D eigenvalue weighted by atomic mass is 32.2. The van der Waals surface area contributed by atoms with E-state index in [0.717, 1.165) is 44.9 Å². The second-order valence-electron chi connectivity index (χ2n) is 7.33. The molecule has 158 valence electrons. The predicted octanol–water partition coefficient (Wildman–Crippen LogP) is 3.10. The summed E-state index contributed by atoms with van der Waals surface area (Å²) in [5.74, 6) is 0.441. The average molecular weight is 447 g/mol. The fraction of sp³-hybridized carbons (Fsp3) is 0.350. The van der Waals surface area contributed by atoms with Crippen molar-refractivity contribution in [1.29, 1.82) is 0 Å². The number of ketones is 1. The Bertz CT molecular complexity index is 1290. The number of carbonyl (C=O) groups excluding carboxylic acids is 1. The predicted molar refractivity (Wildman–Crippen MR) is 114 cm³/mol. The average Bonchev–Trinajstić information content (AvgIpc) is 3.24. The van der Waals surface area contributed by atoms with Crippen LogP contribution in [0.2, 0.25) is 0 Å². The number of fused-ring (bicyclic) bond motifs is 3. The zero-order valence-electron chi connectivity index (χ0n) is 17.4. The maximum Gasteiger partial charge on any atom is 0.307 e. The molecule has 0 spiro atoms. The smallest absolute Gasteiger partial charge is 0.307 e. The van der Waals surface area contributed by atoms with Gasteiger partial charge in [-0.15, -0.1) is 11.8 Å². The molecule has 1 aliphatic rings. The second kappa shape index (κ2) is 7.28. The van der Waals surface area contributed by atoms with Crippen LogP contribution < -0.4 is 4.18 Å². The number of nitrogens with zero attached hydrogens (tertiary/aromatic N) is 4. The molecular weight excluding hydrogens is 424 g/mol. The number of aryl methyl sites for hydroxylation is 3. The molecule has 0 saturated carbocycles. The third-order valence-corrected chi connectivity index (χ3v) is 6.78. The van der Waals surface area contributed by atoms with Crippen LogP contribution in [0, 0.1) is 13.8 Å². The fourth-order valence-corrected chi connectivity index (χ4v) is 5.39. The molecule has 3 heterocycles. The summed E-state index contributed by atoms with van der Waals surface area (Å²) in [5.41, 5.74) is 5.36. The molecule has 0 unspecified atom stereocenters. The summed E-state index contributed by atoms with van der Waals surface area (Å²) in [5, 5.41) is 8.75. The summed E-state index contributed by atoms with van der Waals surface area (Å²) >= 11 is 1.74. The number of hydrogen-bond acceptors (Lipinski definition) is 7. The SMILES string of the molecule is CCn1ncc(C(=O)c2cc(C)c3c(c2C)-c2nn(C)cc2CS3)c1OS(C)(=O)=O. The third kappa shape index (κ3) is 3.43. The molecule has 3 aromatic rings. The van der Waals surface area contributed by atoms with Crippen molar-refractivity contribution in [3.8, 4) is 17.1 Å². The number of aromatic nitrogens is 4. The Morgan fingerprint density at radius 1 is 1.30 bits per heavy atom. The van der Waals surface area contributed by atoms with Gasteiger partial charge in [-0.2, -0.15) is 18.6 Å². The first-order valence-electron chi connectivity index (χ1n) is 9.40. The van der Waals surface area contributed by atoms with Gasteiger partial charge < -0.3 is 4.18 Å². The van der Waals surface area contributed by atoms with Crippen molar-refractivity contribution in [2.75, 3.05) is 6.26 Å². The van der Waals surface area contributed by atoms with E-state index in [1.807, 2.05) is 33.2 Å². The Morgan fingerprint density at radius 2 is 2.03 bits per heavy atom. The van der Waals surface area contributed by atoms with Crippen LogP contribution in [0.4, 0.5) is 0 Å². The maximum absolute atomic E-state index is 13.5. The quantitative estimate of drug-likeness (QED) is 0.439. The number of thioether (sulfide) groups is 1. The van der Waals surface area contributed by atoms with Crippen molar-refractivity contribution in [3.05, 3.63) is 46.3 Å². The van der Waals surface area contributed by atoms with Crippen molar-refractivity contribution in [1.82, 2.24) is 19.6 Å². The van der Waals surface area contributed by atoms with Gasteiger partial charge in [0.25, 0.3) is 0 Å². The van der Waals surface area contributed by atoms with E-state index in [-0.39, 0.29) is 17.2 Å². The first-order chi connectivity index (χ1) is 14.1. The largest absolute Gasteiger partial charge is 0.361 e. The Kier molecular flexibility index (Phi) is 5.01. The highest BCUT2D eigenvalue weighted by Gasteiger charge is 2.29. The first-order valence-corrected chi connectivity index (χ1v) is 12.2. The Labute approximate surface area is 179 Å². The van der Waals surface area contributed by atoms with E-state index in [1.54, 1.807) is 23.4 Å². The lowest BCUT2D eigenvalue weighted by molar-refractivity contribution is 0.103. The molecule has 30 heavy (non-hydrogen) atoms. The Hall–Kier alpha value is -2.59. The van der Waals surface area contributed by atoms with Crippen LogP contribution in [-0.2, 0) is 29.5 Å². The van der Waals surface area contributed by atoms with E-state index in [4.69, 9.17) is 4.18 Å². The summed E-state index contributed by atoms with van der Waals surface area (Å²) < 4.78 is 31.7. The van der Waals surface area contributed by atoms with Crippen LogP contribution in [0.1, 0.15) is 39.5 Å². The number of rotatable bonds is 5. The molecule has 0 bridgehead atoms. The molecule has 0 N–H and O–H groups in total. The van der Waals surface area contributed by atoms with E-state index < -0.39 is 10.1 Å². The maximum atomic E-state index is 13.5. The van der Waals surface area contributed by atoms with Crippen molar-refractivity contribution in [3.63, 3.8) is 0 Å². The zero-order valence-corrected chi connectivity index (χ0v) is 19.0. The molecule has 0 radical (unpaired) electrons. The van der Waals surface area contributed by atoms with E-state index in [2.05, 4.69) is 10.2 Å². The van der Waals surface area contributed by atoms with Gasteiger partial charge >= 0.3 is 10.1 Å². The van der Waals surface area contributed by atoms with Crippen molar-refractivity contribution in [2.24, 2.45) is 7.05 Å². The minimum atomic E-state index is -3.82. The van der Waals surface area contributed by atoms with Crippen LogP contribution in [0.5, 0.6) is 5.88 Å². The summed E-state index contributed by atoms with van der Waals surface area (Å²) in [6.07, 6.45) is 4.31. The molecule has 2 aromatic heterocycles. The highest BCUT2D eigenvalue weighted by molar-refractivity contribution is 7.98. The molecule has 8 nitrogen and oxygen atoms in total. The summed E-state index contributed by atoms with van der Waals surface area (Å²) in [7, 11) is -1.93. The number of benzene rings is 1. The molecule has 0 fully saturated rings. The Morgan fingerprint density at radius 3 is 2.70 bits per heavy atom. The van der Waals surface area contributed by atoms with Crippen LogP contribution in [-0.4, -0.2) is 40.0 Å². The van der Waals surface area contributed by atoms with E-state index >= 15 is 0 Å². The minimum absolute atomic E-state index is 0.0623. The van der Waals surface area contributed by atoms with Gasteiger partial charge in [0.05, 0.1) is 18.1 Å². The topological polar surface area (TPSA) is 96.1 Å². The standard InChI is InChI=1S/C20H22N4O4S2/c1-6-24-20(28-30(5,26)27)15(8-21-24)18(25)14-7-11(2)19-16(12(14)3)17-13(10-29-19)9-23(4)22-17/h7-9H,6,10H2,1-5H3. The van der Waals surface area contributed by atoms with Crippen LogP contribution >= 0.6 is 11.8 Å². The molecule has 10 heteroatoms. The lowest BCUT2D eigenvalue weighted by atomic mass is 9.91. The van der Waals surface area contributed by atoms with Crippen LogP contribution in [0.25, 0.3) is 11.3 Å². The molecule has 1 aliphatic heterocycles. The third-order valence-electron chi connectivity index (χ3n) is 5.05. The van der Waals surface area contributed by atoms with Gasteiger partial charge in [0, 0.05) is 47.1 Å². The number of carbonyl (C=O) groups is 1. The molecule has 0 saturated heterocycles. The van der Waals surface area contributed by atoms with E-state index in [9.17, 15) is 13.2 Å². The van der Waals surface area contributed by atoms with Crippen molar-refractivity contribution < 1.29 is 17.4 Å². The monoisotopic (exact) mass is 446 g/mol. The molecule has 4 rings (SSSR count). The van der Waals surface area contributed by atoms with Crippen molar-refractivity contribution in [2.45, 2.75) is 38.0 Å². The highest BCUT2D eigenvalue weighted by Crippen LogP contribution is 2.45. The molecular formula is C20H22N4O4S2. The zero-order chi connectivity index (χ0) is 21.8. The van der Waals surface area contributed by atoms with Gasteiger partial charge in [0.15, 0.2) is 5.78 Å². The molecule has 1 aromatic carbocycles. The Balaban J connectivity index is 1.89. The minimum Gasteiger partial charge on any atom is -0.361 e. The second-order valence-corrected chi connectivity index (χ2v) is 9.89. The van der Waals surface area contributed by atoms with Gasteiger partial charge in [-0.05, 0) is 38.0 Å². The first kappa shape index (κ1) is 20.7. The molecule has 0 aliphatic carbocycles. The summed E-state index contributed by atoms with van der Waals surface area (Å²) in [6, 6.07) is 1.85. The summed E-state index contributed by atoms with van der Waals surface area (Å²) in [6.45, 7) is 6.04. The number of hydrogen-bond donors (Lipinski definition) is 0. The van der Waals surface area contributed by atoms with Gasteiger partial charge in [0.2, 0.25) is 5.88 Å². The van der Waals surface area contributed by atoms with Gasteiger partial charge in [-0.3, -0.25) is 9.48 Å². The van der Waals surface area contributed by atoms with Crippen molar-refractivity contribution >= 4 is 27.7 Å². The molecule has 0 atom stereocenters. The van der Waals surface area contributed by atoms with Crippen LogP contribution in [0.15, 0.2) is 23.4 Å². The lowest BCUT2D eigenvalue weighted by Crippen LogP contribution is -2.14. The lowest BCUT2D eigenvalue weighted by Gasteiger charge is -2.21. The van der Waals surface area contributed by atoms with Gasteiger partial charge in [0.1, 0.15) is 5.56 Å². The van der Waals surface area contributed by atoms with E-state index in [1.165, 1.54) is 10.9 Å². The summed E-state index contributed by atoms with van der Waals surface area (Å²) in [4.78, 5) is 14.6. The fourth-order valence-electron chi connectivity index (χ4n) is 3.73. The van der Waals surface area contributed by atoms with Gasteiger partial charge in [-0.1, -0.05) is 0 Å². The van der Waals surface area contributed by atoms with Crippen LogP contribution in [0.3, 0.4) is 0 Å². The van der Waals surface area contributed by atoms with E-state index in [0.29, 0.717) is 12.1 Å². The normalized spacial score (nSPS) is 13.1.